The van der Waals surface area contributed by atoms with E-state index in [1.807, 2.05) is 44.2 Å². The van der Waals surface area contributed by atoms with E-state index in [4.69, 9.17) is 0 Å². The van der Waals surface area contributed by atoms with Gasteiger partial charge in [0.1, 0.15) is 11.4 Å². The third kappa shape index (κ3) is 3.37. The van der Waals surface area contributed by atoms with Gasteiger partial charge in [-0.25, -0.2) is 14.6 Å². The lowest BCUT2D eigenvalue weighted by atomic mass is 10.0. The van der Waals surface area contributed by atoms with Crippen molar-refractivity contribution in [3.63, 3.8) is 0 Å². The van der Waals surface area contributed by atoms with Crippen molar-refractivity contribution < 1.29 is 4.79 Å². The summed E-state index contributed by atoms with van der Waals surface area (Å²) in [6.45, 7) is 5.44. The fourth-order valence-corrected chi connectivity index (χ4v) is 2.66. The molecule has 0 spiro atoms. The first-order valence-electron chi connectivity index (χ1n) is 8.29. The molecule has 3 aromatic rings. The first-order chi connectivity index (χ1) is 12.5. The summed E-state index contributed by atoms with van der Waals surface area (Å²) in [5.41, 5.74) is 1.94. The molecular weight excluding hydrogens is 330 g/mol. The SMILES string of the molecule is CCn1nc(-c2ccccc2)c(C(C)=O)c(Nc2nccc(C)n2)c1=O. The molecule has 0 aliphatic carbocycles. The second kappa shape index (κ2) is 7.26. The van der Waals surface area contributed by atoms with E-state index in [1.165, 1.54) is 11.6 Å². The zero-order valence-corrected chi connectivity index (χ0v) is 14.9. The topological polar surface area (TPSA) is 89.8 Å². The molecule has 7 heteroatoms. The monoisotopic (exact) mass is 349 g/mol. The van der Waals surface area contributed by atoms with Gasteiger partial charge in [0.25, 0.3) is 5.56 Å². The number of hydrogen-bond acceptors (Lipinski definition) is 6. The average Bonchev–Trinajstić information content (AvgIpc) is 2.63. The third-order valence-corrected chi connectivity index (χ3v) is 3.89. The zero-order valence-electron chi connectivity index (χ0n) is 14.9. The summed E-state index contributed by atoms with van der Waals surface area (Å²) in [5, 5.41) is 7.34. The number of rotatable bonds is 5. The average molecular weight is 349 g/mol. The highest BCUT2D eigenvalue weighted by Crippen LogP contribution is 2.26. The van der Waals surface area contributed by atoms with Crippen molar-refractivity contribution in [2.24, 2.45) is 0 Å². The van der Waals surface area contributed by atoms with Crippen LogP contribution in [0.5, 0.6) is 0 Å². The Morgan fingerprint density at radius 3 is 2.54 bits per heavy atom. The van der Waals surface area contributed by atoms with Gasteiger partial charge in [-0.15, -0.1) is 0 Å². The number of nitrogens with zero attached hydrogens (tertiary/aromatic N) is 4. The fraction of sp³-hybridized carbons (Fsp3) is 0.211. The lowest BCUT2D eigenvalue weighted by Gasteiger charge is -2.15. The lowest BCUT2D eigenvalue weighted by molar-refractivity contribution is 0.101. The maximum Gasteiger partial charge on any atom is 0.291 e. The number of carbonyl (C=O) groups excluding carboxylic acids is 1. The van der Waals surface area contributed by atoms with E-state index in [1.54, 1.807) is 12.3 Å². The summed E-state index contributed by atoms with van der Waals surface area (Å²) in [6.07, 6.45) is 1.59. The van der Waals surface area contributed by atoms with E-state index in [0.717, 1.165) is 11.3 Å². The lowest BCUT2D eigenvalue weighted by Crippen LogP contribution is -2.28. The molecule has 26 heavy (non-hydrogen) atoms. The number of benzene rings is 1. The van der Waals surface area contributed by atoms with Crippen LogP contribution in [0.4, 0.5) is 11.6 Å². The third-order valence-electron chi connectivity index (χ3n) is 3.89. The number of nitrogens with one attached hydrogen (secondary N) is 1. The van der Waals surface area contributed by atoms with Gasteiger partial charge in [0.15, 0.2) is 5.78 Å². The van der Waals surface area contributed by atoms with Crippen LogP contribution in [0, 0.1) is 6.92 Å². The van der Waals surface area contributed by atoms with Crippen molar-refractivity contribution in [1.82, 2.24) is 19.7 Å². The van der Waals surface area contributed by atoms with Crippen LogP contribution in [-0.2, 0) is 6.54 Å². The summed E-state index contributed by atoms with van der Waals surface area (Å²) in [5.74, 6) is 0.00400. The number of carbonyl (C=O) groups is 1. The molecule has 0 aliphatic rings. The molecule has 7 nitrogen and oxygen atoms in total. The van der Waals surface area contributed by atoms with Gasteiger partial charge in [-0.2, -0.15) is 5.10 Å². The summed E-state index contributed by atoms with van der Waals surface area (Å²) in [7, 11) is 0. The second-order valence-corrected chi connectivity index (χ2v) is 5.79. The number of anilines is 2. The highest BCUT2D eigenvalue weighted by molar-refractivity contribution is 6.05. The highest BCUT2D eigenvalue weighted by atomic mass is 16.1. The molecule has 2 heterocycles. The predicted octanol–water partition coefficient (Wildman–Crippen LogP) is 2.97. The molecule has 2 aromatic heterocycles. The quantitative estimate of drug-likeness (QED) is 0.712. The molecule has 0 amide bonds. The van der Waals surface area contributed by atoms with Crippen LogP contribution >= 0.6 is 0 Å². The van der Waals surface area contributed by atoms with Crippen LogP contribution in [0.15, 0.2) is 47.4 Å². The molecule has 0 saturated heterocycles. The largest absolute Gasteiger partial charge is 0.319 e. The Morgan fingerprint density at radius 1 is 1.19 bits per heavy atom. The standard InChI is InChI=1S/C19H19N5O2/c1-4-24-18(26)17(22-19-20-11-10-12(2)21-19)15(13(3)25)16(23-24)14-8-6-5-7-9-14/h5-11H,4H2,1-3H3,(H,20,21,22). The van der Waals surface area contributed by atoms with E-state index >= 15 is 0 Å². The zero-order chi connectivity index (χ0) is 18.7. The Morgan fingerprint density at radius 2 is 1.92 bits per heavy atom. The maximum absolute atomic E-state index is 12.8. The van der Waals surface area contributed by atoms with E-state index in [-0.39, 0.29) is 28.5 Å². The molecule has 0 bridgehead atoms. The summed E-state index contributed by atoms with van der Waals surface area (Å²) in [6, 6.07) is 11.1. The highest BCUT2D eigenvalue weighted by Gasteiger charge is 2.22. The van der Waals surface area contributed by atoms with E-state index < -0.39 is 0 Å². The molecule has 0 fully saturated rings. The second-order valence-electron chi connectivity index (χ2n) is 5.79. The number of Topliss-reactive ketones (excluding diaryl/α,β-unsaturated/α-hetero) is 1. The van der Waals surface area contributed by atoms with Gasteiger partial charge >= 0.3 is 0 Å². The molecular formula is C19H19N5O2. The van der Waals surface area contributed by atoms with Crippen LogP contribution in [0.2, 0.25) is 0 Å². The summed E-state index contributed by atoms with van der Waals surface area (Å²) < 4.78 is 1.33. The maximum atomic E-state index is 12.8. The molecule has 1 aromatic carbocycles. The van der Waals surface area contributed by atoms with Gasteiger partial charge in [0.05, 0.1) is 5.56 Å². The first-order valence-corrected chi connectivity index (χ1v) is 8.29. The van der Waals surface area contributed by atoms with Gasteiger partial charge in [-0.3, -0.25) is 9.59 Å². The molecule has 132 valence electrons. The van der Waals surface area contributed by atoms with Crippen LogP contribution < -0.4 is 10.9 Å². The number of aryl methyl sites for hydroxylation is 2. The molecule has 0 atom stereocenters. The van der Waals surface area contributed by atoms with Gasteiger partial charge in [-0.1, -0.05) is 30.3 Å². The Labute approximate surface area is 150 Å². The van der Waals surface area contributed by atoms with Gasteiger partial charge in [-0.05, 0) is 26.8 Å². The smallest absolute Gasteiger partial charge is 0.291 e. The first kappa shape index (κ1) is 17.5. The Hall–Kier alpha value is -3.35. The molecule has 0 unspecified atom stereocenters. The Kier molecular flexibility index (Phi) is 4.88. The summed E-state index contributed by atoms with van der Waals surface area (Å²) >= 11 is 0. The molecule has 3 rings (SSSR count). The van der Waals surface area contributed by atoms with Gasteiger partial charge in [0, 0.05) is 24.0 Å². The van der Waals surface area contributed by atoms with Crippen molar-refractivity contribution in [1.29, 1.82) is 0 Å². The van der Waals surface area contributed by atoms with Crippen LogP contribution in [0.25, 0.3) is 11.3 Å². The predicted molar refractivity (Wildman–Crippen MR) is 99.7 cm³/mol. The van der Waals surface area contributed by atoms with E-state index in [9.17, 15) is 9.59 Å². The van der Waals surface area contributed by atoms with Crippen molar-refractivity contribution in [2.75, 3.05) is 5.32 Å². The number of ketones is 1. The van der Waals surface area contributed by atoms with Crippen molar-refractivity contribution >= 4 is 17.4 Å². The fourth-order valence-electron chi connectivity index (χ4n) is 2.66. The van der Waals surface area contributed by atoms with Crippen molar-refractivity contribution in [3.8, 4) is 11.3 Å². The van der Waals surface area contributed by atoms with E-state index in [0.29, 0.717) is 12.2 Å². The molecule has 0 saturated carbocycles. The van der Waals surface area contributed by atoms with Crippen LogP contribution in [-0.4, -0.2) is 25.5 Å². The molecule has 0 aliphatic heterocycles. The van der Waals surface area contributed by atoms with Crippen LogP contribution in [0.3, 0.4) is 0 Å². The number of aromatic nitrogens is 4. The minimum atomic E-state index is -0.387. The van der Waals surface area contributed by atoms with Gasteiger partial charge < -0.3 is 5.32 Å². The minimum Gasteiger partial charge on any atom is -0.319 e. The number of hydrogen-bond donors (Lipinski definition) is 1. The molecule has 0 radical (unpaired) electrons. The van der Waals surface area contributed by atoms with Crippen LogP contribution in [0.1, 0.15) is 29.9 Å². The molecule has 1 N–H and O–H groups in total. The van der Waals surface area contributed by atoms with Gasteiger partial charge in [0.2, 0.25) is 5.95 Å². The Balaban J connectivity index is 2.27. The van der Waals surface area contributed by atoms with Crippen molar-refractivity contribution in [3.05, 3.63) is 64.2 Å². The normalized spacial score (nSPS) is 10.6. The minimum absolute atomic E-state index is 0.138. The van der Waals surface area contributed by atoms with Crippen molar-refractivity contribution in [2.45, 2.75) is 27.3 Å². The van der Waals surface area contributed by atoms with E-state index in [2.05, 4.69) is 20.4 Å². The summed E-state index contributed by atoms with van der Waals surface area (Å²) in [4.78, 5) is 33.6. The Bertz CT molecular complexity index is 1010.